The van der Waals surface area contributed by atoms with E-state index in [-0.39, 0.29) is 12.5 Å². The van der Waals surface area contributed by atoms with Gasteiger partial charge in [0.2, 0.25) is 5.82 Å². The third-order valence-electron chi connectivity index (χ3n) is 3.55. The molecule has 0 aliphatic carbocycles. The maximum Gasteiger partial charge on any atom is 0.338 e. The molecule has 3 aromatic heterocycles. The van der Waals surface area contributed by atoms with Crippen molar-refractivity contribution in [1.82, 2.24) is 20.1 Å². The number of hydrogen-bond donors (Lipinski definition) is 0. The van der Waals surface area contributed by atoms with E-state index in [2.05, 4.69) is 20.1 Å². The minimum Gasteiger partial charge on any atom is -0.452 e. The van der Waals surface area contributed by atoms with Gasteiger partial charge in [0.15, 0.2) is 18.8 Å². The topological polar surface area (TPSA) is 104 Å². The van der Waals surface area contributed by atoms with Crippen LogP contribution in [0.3, 0.4) is 0 Å². The zero-order chi connectivity index (χ0) is 17.8. The van der Waals surface area contributed by atoms with Crippen LogP contribution in [-0.4, -0.2) is 26.1 Å². The van der Waals surface area contributed by atoms with Crippen molar-refractivity contribution in [3.8, 4) is 22.7 Å². The summed E-state index contributed by atoms with van der Waals surface area (Å²) in [5.74, 6) is 0.727. The molecule has 0 N–H and O–H groups in total. The number of rotatable bonds is 5. The third kappa shape index (κ3) is 3.34. The molecule has 8 heteroatoms. The molecule has 0 spiro atoms. The summed E-state index contributed by atoms with van der Waals surface area (Å²) in [5.41, 5.74) is 1.94. The molecule has 0 bridgehead atoms. The van der Waals surface area contributed by atoms with Gasteiger partial charge in [-0.2, -0.15) is 4.98 Å². The van der Waals surface area contributed by atoms with Crippen LogP contribution in [0.25, 0.3) is 22.7 Å². The number of esters is 1. The molecule has 0 fully saturated rings. The normalized spacial score (nSPS) is 10.6. The summed E-state index contributed by atoms with van der Waals surface area (Å²) in [7, 11) is 0. The molecule has 0 atom stereocenters. The molecular formula is C18H12N4O4. The highest BCUT2D eigenvalue weighted by Gasteiger charge is 2.13. The number of benzene rings is 1. The zero-order valence-corrected chi connectivity index (χ0v) is 13.4. The first kappa shape index (κ1) is 15.7. The fourth-order valence-corrected chi connectivity index (χ4v) is 2.27. The van der Waals surface area contributed by atoms with Crippen molar-refractivity contribution in [2.75, 3.05) is 0 Å². The Labute approximate surface area is 147 Å². The molecule has 0 amide bonds. The summed E-state index contributed by atoms with van der Waals surface area (Å²) in [6, 6.07) is 10.4. The van der Waals surface area contributed by atoms with Gasteiger partial charge in [-0.1, -0.05) is 17.3 Å². The summed E-state index contributed by atoms with van der Waals surface area (Å²) >= 11 is 0. The summed E-state index contributed by atoms with van der Waals surface area (Å²) in [6.07, 6.45) is 6.22. The number of carbonyl (C=O) groups excluding carboxylic acids is 1. The number of aromatic nitrogens is 4. The summed E-state index contributed by atoms with van der Waals surface area (Å²) < 4.78 is 15.5. The van der Waals surface area contributed by atoms with Gasteiger partial charge in [-0.15, -0.1) is 0 Å². The Morgan fingerprint density at radius 1 is 1.04 bits per heavy atom. The van der Waals surface area contributed by atoms with E-state index in [4.69, 9.17) is 13.7 Å². The second-order valence-corrected chi connectivity index (χ2v) is 5.27. The third-order valence-corrected chi connectivity index (χ3v) is 3.55. The molecule has 0 saturated heterocycles. The highest BCUT2D eigenvalue weighted by Crippen LogP contribution is 2.19. The average Bonchev–Trinajstić information content (AvgIpc) is 3.39. The van der Waals surface area contributed by atoms with Crippen molar-refractivity contribution >= 4 is 5.97 Å². The van der Waals surface area contributed by atoms with E-state index in [0.29, 0.717) is 17.1 Å². The Hall–Kier alpha value is -3.81. The molecule has 128 valence electrons. The molecule has 0 unspecified atom stereocenters. The Kier molecular flexibility index (Phi) is 4.21. The Bertz CT molecular complexity index is 995. The van der Waals surface area contributed by atoms with E-state index in [9.17, 15) is 4.79 Å². The highest BCUT2D eigenvalue weighted by atomic mass is 16.6. The van der Waals surface area contributed by atoms with Crippen LogP contribution in [0.2, 0.25) is 0 Å². The number of carbonyl (C=O) groups is 1. The first-order chi connectivity index (χ1) is 12.8. The maximum atomic E-state index is 12.1. The highest BCUT2D eigenvalue weighted by molar-refractivity contribution is 5.89. The van der Waals surface area contributed by atoms with Gasteiger partial charge in [-0.3, -0.25) is 4.98 Å². The molecule has 0 aliphatic rings. The van der Waals surface area contributed by atoms with Crippen molar-refractivity contribution < 1.29 is 18.5 Å². The fourth-order valence-electron chi connectivity index (χ4n) is 2.27. The van der Waals surface area contributed by atoms with Gasteiger partial charge in [0, 0.05) is 23.5 Å². The van der Waals surface area contributed by atoms with Gasteiger partial charge in [-0.25, -0.2) is 9.78 Å². The molecule has 4 rings (SSSR count). The van der Waals surface area contributed by atoms with Crippen molar-refractivity contribution in [3.05, 3.63) is 72.8 Å². The van der Waals surface area contributed by atoms with Crippen LogP contribution < -0.4 is 0 Å². The SMILES string of the molecule is O=C(OCc1nc(-c2cccnc2)no1)c1ccc(-c2cnco2)cc1. The second-order valence-electron chi connectivity index (χ2n) is 5.27. The van der Waals surface area contributed by atoms with E-state index < -0.39 is 5.97 Å². The van der Waals surface area contributed by atoms with Crippen LogP contribution in [0.15, 0.2) is 70.3 Å². The van der Waals surface area contributed by atoms with Crippen LogP contribution in [0.1, 0.15) is 16.2 Å². The van der Waals surface area contributed by atoms with Crippen LogP contribution in [0.5, 0.6) is 0 Å². The first-order valence-corrected chi connectivity index (χ1v) is 7.68. The van der Waals surface area contributed by atoms with Crippen molar-refractivity contribution in [3.63, 3.8) is 0 Å². The van der Waals surface area contributed by atoms with E-state index >= 15 is 0 Å². The molecule has 0 saturated carbocycles. The number of oxazole rings is 1. The Morgan fingerprint density at radius 2 is 1.92 bits per heavy atom. The van der Waals surface area contributed by atoms with Crippen LogP contribution in [0.4, 0.5) is 0 Å². The number of pyridine rings is 1. The summed E-state index contributed by atoms with van der Waals surface area (Å²) in [4.78, 5) is 24.2. The van der Waals surface area contributed by atoms with Crippen LogP contribution in [-0.2, 0) is 11.3 Å². The van der Waals surface area contributed by atoms with E-state index in [1.165, 1.54) is 6.39 Å². The van der Waals surface area contributed by atoms with Crippen molar-refractivity contribution in [2.24, 2.45) is 0 Å². The second kappa shape index (κ2) is 6.98. The number of hydrogen-bond acceptors (Lipinski definition) is 8. The molecule has 26 heavy (non-hydrogen) atoms. The van der Waals surface area contributed by atoms with E-state index in [1.807, 2.05) is 6.07 Å². The molecule has 8 nitrogen and oxygen atoms in total. The Morgan fingerprint density at radius 3 is 2.65 bits per heavy atom. The van der Waals surface area contributed by atoms with Gasteiger partial charge < -0.3 is 13.7 Å². The molecule has 0 aliphatic heterocycles. The molecule has 4 aromatic rings. The zero-order valence-electron chi connectivity index (χ0n) is 13.4. The van der Waals surface area contributed by atoms with Gasteiger partial charge in [0.25, 0.3) is 5.89 Å². The lowest BCUT2D eigenvalue weighted by Gasteiger charge is -2.02. The fraction of sp³-hybridized carbons (Fsp3) is 0.0556. The standard InChI is InChI=1S/C18H12N4O4/c23-18(13-5-3-12(4-6-13)15-9-20-11-25-15)24-10-16-21-17(22-26-16)14-2-1-7-19-8-14/h1-9,11H,10H2. The van der Waals surface area contributed by atoms with Crippen LogP contribution >= 0.6 is 0 Å². The van der Waals surface area contributed by atoms with Crippen molar-refractivity contribution in [2.45, 2.75) is 6.61 Å². The van der Waals surface area contributed by atoms with Gasteiger partial charge in [0.1, 0.15) is 0 Å². The molecule has 0 radical (unpaired) electrons. The van der Waals surface area contributed by atoms with Crippen molar-refractivity contribution in [1.29, 1.82) is 0 Å². The minimum atomic E-state index is -0.491. The van der Waals surface area contributed by atoms with Gasteiger partial charge in [0.05, 0.1) is 11.8 Å². The number of nitrogens with zero attached hydrogens (tertiary/aromatic N) is 4. The summed E-state index contributed by atoms with van der Waals surface area (Å²) in [6.45, 7) is -0.115. The lowest BCUT2D eigenvalue weighted by atomic mass is 10.1. The molecular weight excluding hydrogens is 336 g/mol. The lowest BCUT2D eigenvalue weighted by molar-refractivity contribution is 0.0430. The minimum absolute atomic E-state index is 0.115. The summed E-state index contributed by atoms with van der Waals surface area (Å²) in [5, 5.41) is 3.84. The number of ether oxygens (including phenoxy) is 1. The van der Waals surface area contributed by atoms with Crippen LogP contribution in [0, 0.1) is 0 Å². The first-order valence-electron chi connectivity index (χ1n) is 7.68. The van der Waals surface area contributed by atoms with Gasteiger partial charge >= 0.3 is 5.97 Å². The van der Waals surface area contributed by atoms with Gasteiger partial charge in [-0.05, 0) is 24.3 Å². The lowest BCUT2D eigenvalue weighted by Crippen LogP contribution is -2.05. The quantitative estimate of drug-likeness (QED) is 0.507. The molecule has 3 heterocycles. The smallest absolute Gasteiger partial charge is 0.338 e. The monoisotopic (exact) mass is 348 g/mol. The molecule has 1 aromatic carbocycles. The Balaban J connectivity index is 1.39. The largest absolute Gasteiger partial charge is 0.452 e. The average molecular weight is 348 g/mol. The predicted molar refractivity (Wildman–Crippen MR) is 88.6 cm³/mol. The maximum absolute atomic E-state index is 12.1. The predicted octanol–water partition coefficient (Wildman–Crippen LogP) is 3.14. The van der Waals surface area contributed by atoms with E-state index in [1.54, 1.807) is 48.9 Å². The van der Waals surface area contributed by atoms with E-state index in [0.717, 1.165) is 11.1 Å².